The third-order valence-electron chi connectivity index (χ3n) is 12.5. The number of aromatic nitrogens is 3. The fourth-order valence-corrected chi connectivity index (χ4v) is 9.96. The highest BCUT2D eigenvalue weighted by Gasteiger charge is 2.42. The third kappa shape index (κ3) is 5.80. The smallest absolute Gasteiger partial charge is 0.264 e. The Bertz CT molecular complexity index is 2280. The first-order valence-corrected chi connectivity index (χ1v) is 20.9. The maximum absolute atomic E-state index is 14.5. The van der Waals surface area contributed by atoms with Crippen LogP contribution in [-0.4, -0.2) is 77.0 Å². The first-order valence-electron chi connectivity index (χ1n) is 19.3. The molecule has 0 radical (unpaired) electrons. The summed E-state index contributed by atoms with van der Waals surface area (Å²) in [7, 11) is -2.15. The Labute approximate surface area is 310 Å². The van der Waals surface area contributed by atoms with Crippen LogP contribution in [0.25, 0.3) is 33.8 Å². The molecule has 0 spiro atoms. The fourth-order valence-electron chi connectivity index (χ4n) is 9.34. The number of methoxy groups -OCH3 is 1. The molecule has 5 aliphatic rings. The van der Waals surface area contributed by atoms with Crippen molar-refractivity contribution in [1.29, 1.82) is 0 Å². The number of amides is 2. The summed E-state index contributed by atoms with van der Waals surface area (Å²) >= 11 is 0. The number of allylic oxidation sites excluding steroid dienone is 1. The van der Waals surface area contributed by atoms with Gasteiger partial charge in [-0.25, -0.2) is 13.1 Å². The number of fused-ring (bicyclic) bond motifs is 7. The molecule has 0 unspecified atom stereocenters. The molecule has 53 heavy (non-hydrogen) atoms. The van der Waals surface area contributed by atoms with Crippen LogP contribution >= 0.6 is 0 Å². The largest absolute Gasteiger partial charge is 0.497 e. The summed E-state index contributed by atoms with van der Waals surface area (Å²) in [6, 6.07) is 12.6. The van der Waals surface area contributed by atoms with Gasteiger partial charge in [-0.05, 0) is 111 Å². The second-order valence-corrected chi connectivity index (χ2v) is 18.2. The maximum atomic E-state index is 14.5. The van der Waals surface area contributed by atoms with Gasteiger partial charge in [0.05, 0.1) is 48.1 Å². The normalized spacial score (nSPS) is 21.7. The predicted molar refractivity (Wildman–Crippen MR) is 205 cm³/mol. The van der Waals surface area contributed by atoms with Crippen LogP contribution in [0.15, 0.2) is 42.6 Å². The van der Waals surface area contributed by atoms with E-state index in [1.807, 2.05) is 23.1 Å². The van der Waals surface area contributed by atoms with Gasteiger partial charge in [0.25, 0.3) is 11.8 Å². The van der Waals surface area contributed by atoms with E-state index in [4.69, 9.17) is 9.84 Å². The molecule has 4 fully saturated rings. The minimum Gasteiger partial charge on any atom is -0.497 e. The van der Waals surface area contributed by atoms with Gasteiger partial charge in [-0.2, -0.15) is 5.10 Å². The second-order valence-electron chi connectivity index (χ2n) is 16.0. The maximum Gasteiger partial charge on any atom is 0.264 e. The van der Waals surface area contributed by atoms with Crippen LogP contribution in [0.3, 0.4) is 0 Å². The van der Waals surface area contributed by atoms with Crippen molar-refractivity contribution in [3.63, 3.8) is 0 Å². The first-order chi connectivity index (χ1) is 25.6. The molecule has 2 aromatic carbocycles. The molecule has 4 aromatic rings. The summed E-state index contributed by atoms with van der Waals surface area (Å²) < 4.78 is 38.0. The van der Waals surface area contributed by atoms with Crippen LogP contribution in [0.1, 0.15) is 121 Å². The Kier molecular flexibility index (Phi) is 8.53. The van der Waals surface area contributed by atoms with Crippen molar-refractivity contribution in [1.82, 2.24) is 29.3 Å². The molecular weight excluding hydrogens is 689 g/mol. The molecule has 278 valence electrons. The van der Waals surface area contributed by atoms with Gasteiger partial charge in [0.2, 0.25) is 10.0 Å². The lowest BCUT2D eigenvalue weighted by atomic mass is 9.81. The molecule has 2 saturated heterocycles. The Morgan fingerprint density at radius 1 is 0.981 bits per heavy atom. The molecule has 2 aromatic heterocycles. The number of likely N-dealkylation sites (tertiary alicyclic amines) is 1. The Balaban J connectivity index is 1.26. The molecule has 2 aliphatic carbocycles. The minimum atomic E-state index is -3.83. The van der Waals surface area contributed by atoms with E-state index in [9.17, 15) is 18.0 Å². The third-order valence-corrected chi connectivity index (χ3v) is 14.2. The summed E-state index contributed by atoms with van der Waals surface area (Å²) in [6.45, 7) is 5.07. The number of nitrogens with zero attached hydrogens (tertiary/aromatic N) is 4. The number of ether oxygens (including phenoxy) is 1. The van der Waals surface area contributed by atoms with Crippen molar-refractivity contribution in [2.24, 2.45) is 0 Å². The minimum absolute atomic E-state index is 0.0291. The Hall–Kier alpha value is -4.42. The highest BCUT2D eigenvalue weighted by atomic mass is 32.2. The molecule has 9 rings (SSSR count). The molecule has 2 saturated carbocycles. The summed E-state index contributed by atoms with van der Waals surface area (Å²) in [4.78, 5) is 30.1. The van der Waals surface area contributed by atoms with Crippen molar-refractivity contribution < 1.29 is 22.7 Å². The Morgan fingerprint density at radius 2 is 1.79 bits per heavy atom. The van der Waals surface area contributed by atoms with Gasteiger partial charge in [0.1, 0.15) is 5.75 Å². The van der Waals surface area contributed by atoms with Gasteiger partial charge in [0, 0.05) is 47.2 Å². The van der Waals surface area contributed by atoms with E-state index in [-0.39, 0.29) is 23.6 Å². The molecule has 11 nitrogen and oxygen atoms in total. The first kappa shape index (κ1) is 34.4. The number of benzene rings is 2. The molecule has 2 N–H and O–H groups in total. The fraction of sp³-hybridized carbons (Fsp3) is 0.488. The molecule has 3 aliphatic heterocycles. The summed E-state index contributed by atoms with van der Waals surface area (Å²) in [6.07, 6.45) is 13.8. The highest BCUT2D eigenvalue weighted by molar-refractivity contribution is 7.90. The van der Waals surface area contributed by atoms with Crippen LogP contribution in [0.4, 0.5) is 0 Å². The summed E-state index contributed by atoms with van der Waals surface area (Å²) in [5, 5.41) is 8.79. The van der Waals surface area contributed by atoms with Crippen LogP contribution in [0.5, 0.6) is 5.75 Å². The lowest BCUT2D eigenvalue weighted by Gasteiger charge is -2.30. The SMILES string of the molecule is COc1ccc2c(c1)C=C(c1c(C(=O)N3C[C@@H]4C[C@H]3CN4)cnn1C1CCC1)Cn1c-2c(C2CCCCC2)c2ccc(C(=O)NS(=O)(=O)C(C)C)cc21. The van der Waals surface area contributed by atoms with Crippen LogP contribution in [0, 0.1) is 0 Å². The van der Waals surface area contributed by atoms with Gasteiger partial charge in [-0.1, -0.05) is 25.3 Å². The van der Waals surface area contributed by atoms with Crippen molar-refractivity contribution in [3.05, 3.63) is 70.5 Å². The number of rotatable bonds is 8. The molecular formula is C41H48N6O5S. The van der Waals surface area contributed by atoms with Crippen LogP contribution in [-0.2, 0) is 16.6 Å². The van der Waals surface area contributed by atoms with E-state index in [0.717, 1.165) is 103 Å². The van der Waals surface area contributed by atoms with Crippen LogP contribution < -0.4 is 14.8 Å². The van der Waals surface area contributed by atoms with E-state index >= 15 is 0 Å². The van der Waals surface area contributed by atoms with Crippen molar-refractivity contribution in [2.45, 2.75) is 107 Å². The van der Waals surface area contributed by atoms with Gasteiger partial charge >= 0.3 is 0 Å². The van der Waals surface area contributed by atoms with E-state index in [2.05, 4.69) is 37.5 Å². The number of hydrogen-bond acceptors (Lipinski definition) is 7. The lowest BCUT2D eigenvalue weighted by Crippen LogP contribution is -2.46. The van der Waals surface area contributed by atoms with Gasteiger partial charge in [0.15, 0.2) is 0 Å². The molecule has 2 amide bonds. The number of piperazine rings is 1. The number of carbonyl (C=O) groups is 2. The zero-order valence-electron chi connectivity index (χ0n) is 30.7. The van der Waals surface area contributed by atoms with E-state index in [0.29, 0.717) is 30.6 Å². The monoisotopic (exact) mass is 736 g/mol. The van der Waals surface area contributed by atoms with Crippen molar-refractivity contribution in [3.8, 4) is 17.0 Å². The number of carbonyl (C=O) groups excluding carboxylic acids is 2. The summed E-state index contributed by atoms with van der Waals surface area (Å²) in [5.41, 5.74) is 8.06. The van der Waals surface area contributed by atoms with Crippen molar-refractivity contribution >= 4 is 44.4 Å². The summed E-state index contributed by atoms with van der Waals surface area (Å²) in [5.74, 6) is 0.464. The van der Waals surface area contributed by atoms with Gasteiger partial charge < -0.3 is 19.5 Å². The average Bonchev–Trinajstić information content (AvgIpc) is 3.92. The van der Waals surface area contributed by atoms with Crippen molar-refractivity contribution in [2.75, 3.05) is 20.2 Å². The molecule has 5 heterocycles. The average molecular weight is 737 g/mol. The van der Waals surface area contributed by atoms with Gasteiger partial charge in [-0.3, -0.25) is 14.3 Å². The van der Waals surface area contributed by atoms with Crippen LogP contribution in [0.2, 0.25) is 0 Å². The molecule has 12 heteroatoms. The Morgan fingerprint density at radius 3 is 2.47 bits per heavy atom. The number of nitrogens with one attached hydrogen (secondary N) is 2. The van der Waals surface area contributed by atoms with E-state index in [1.54, 1.807) is 33.2 Å². The van der Waals surface area contributed by atoms with E-state index < -0.39 is 21.2 Å². The predicted octanol–water partition coefficient (Wildman–Crippen LogP) is 6.49. The standard InChI is InChI=1S/C41H48N6O5S/c1-24(2)53(50,51)44-40(48)26-12-14-34-36(18-26)46-22-28(16-27-17-32(52-3)13-15-33(27)39(46)37(34)25-8-5-4-6-9-25)38-35(21-43-47(38)30-10-7-11-30)41(49)45-23-29-19-31(45)20-42-29/h12-18,21,24-25,29-31,42H,4-11,19-20,22-23H2,1-3H3,(H,44,48)/t29-,31-/m0/s1. The number of hydrogen-bond donors (Lipinski definition) is 2. The quantitative estimate of drug-likeness (QED) is 0.212. The molecule has 2 bridgehead atoms. The molecule has 2 atom stereocenters. The highest BCUT2D eigenvalue weighted by Crippen LogP contribution is 2.48. The number of sulfonamides is 1. The zero-order valence-corrected chi connectivity index (χ0v) is 31.5. The van der Waals surface area contributed by atoms with E-state index in [1.165, 1.54) is 12.0 Å². The zero-order chi connectivity index (χ0) is 36.6. The topological polar surface area (TPSA) is 128 Å². The lowest BCUT2D eigenvalue weighted by molar-refractivity contribution is 0.0715. The second kappa shape index (κ2) is 13.2. The van der Waals surface area contributed by atoms with Gasteiger partial charge in [-0.15, -0.1) is 0 Å².